The molecule has 0 aliphatic carbocycles. The number of hydrogen-bond acceptors (Lipinski definition) is 8. The van der Waals surface area contributed by atoms with E-state index in [9.17, 15) is 13.2 Å². The van der Waals surface area contributed by atoms with Crippen molar-refractivity contribution in [2.45, 2.75) is 30.1 Å². The number of nitrogens with zero attached hydrogens (tertiary/aromatic N) is 5. The number of carbonyl (C=O) groups is 1. The van der Waals surface area contributed by atoms with Crippen LogP contribution >= 0.6 is 0 Å². The molecule has 1 aromatic heterocycles. The predicted molar refractivity (Wildman–Crippen MR) is 112 cm³/mol. The van der Waals surface area contributed by atoms with Crippen molar-refractivity contribution in [3.05, 3.63) is 11.9 Å². The zero-order chi connectivity index (χ0) is 21.3. The number of sulfone groups is 1. The van der Waals surface area contributed by atoms with Crippen LogP contribution in [0.15, 0.2) is 11.1 Å². The normalized spacial score (nSPS) is 24.4. The highest BCUT2D eigenvalue weighted by molar-refractivity contribution is 7.90. The quantitative estimate of drug-likeness (QED) is 0.667. The molecule has 166 valence electrons. The average Bonchev–Trinajstić information content (AvgIpc) is 3.28. The van der Waals surface area contributed by atoms with Crippen LogP contribution < -0.4 is 4.90 Å². The smallest absolute Gasteiger partial charge is 0.228 e. The molecule has 1 atom stereocenters. The molecule has 30 heavy (non-hydrogen) atoms. The Morgan fingerprint density at radius 1 is 1.10 bits per heavy atom. The molecule has 1 aromatic rings. The molecule has 4 rings (SSSR count). The van der Waals surface area contributed by atoms with Crippen molar-refractivity contribution in [1.29, 1.82) is 0 Å². The summed E-state index contributed by atoms with van der Waals surface area (Å²) in [6, 6.07) is 0. The molecule has 3 fully saturated rings. The number of piperazine rings is 1. The monoisotopic (exact) mass is 437 g/mol. The van der Waals surface area contributed by atoms with E-state index in [0.717, 1.165) is 32.6 Å². The highest BCUT2D eigenvalue weighted by Gasteiger charge is 2.33. The van der Waals surface area contributed by atoms with E-state index in [1.54, 1.807) is 0 Å². The van der Waals surface area contributed by atoms with E-state index < -0.39 is 9.84 Å². The fourth-order valence-electron chi connectivity index (χ4n) is 4.47. The second-order valence-electron chi connectivity index (χ2n) is 8.64. The van der Waals surface area contributed by atoms with E-state index in [1.165, 1.54) is 12.5 Å². The standard InChI is InChI=1S/C20H31N5O4S/c1-23-8-10-25(11-9-23)20-21-13-17(30(2,27)28)18(22-20)15-3-6-24(7-4-15)19(26)16-5-12-29-14-16/h13,15-16H,3-12,14H2,1-2H3/t16-/m1/s1. The van der Waals surface area contributed by atoms with Gasteiger partial charge in [-0.25, -0.2) is 18.4 Å². The molecule has 0 saturated carbocycles. The van der Waals surface area contributed by atoms with Crippen molar-refractivity contribution in [3.63, 3.8) is 0 Å². The topological polar surface area (TPSA) is 95.9 Å². The molecular formula is C20H31N5O4S. The lowest BCUT2D eigenvalue weighted by Gasteiger charge is -2.35. The zero-order valence-corrected chi connectivity index (χ0v) is 18.6. The zero-order valence-electron chi connectivity index (χ0n) is 17.8. The number of likely N-dealkylation sites (N-methyl/N-ethyl adjacent to an activating group) is 1. The first-order valence-corrected chi connectivity index (χ1v) is 12.6. The molecule has 0 aromatic carbocycles. The maximum Gasteiger partial charge on any atom is 0.228 e. The summed E-state index contributed by atoms with van der Waals surface area (Å²) in [5, 5.41) is 0. The maximum absolute atomic E-state index is 12.7. The lowest BCUT2D eigenvalue weighted by molar-refractivity contribution is -0.136. The van der Waals surface area contributed by atoms with Gasteiger partial charge in [0.1, 0.15) is 4.90 Å². The molecule has 0 unspecified atom stereocenters. The molecule has 0 spiro atoms. The summed E-state index contributed by atoms with van der Waals surface area (Å²) < 4.78 is 30.1. The average molecular weight is 438 g/mol. The third kappa shape index (κ3) is 4.60. The van der Waals surface area contributed by atoms with Crippen molar-refractivity contribution in [2.24, 2.45) is 5.92 Å². The van der Waals surface area contributed by atoms with Gasteiger partial charge in [-0.15, -0.1) is 0 Å². The fourth-order valence-corrected chi connectivity index (χ4v) is 5.31. The van der Waals surface area contributed by atoms with Crippen LogP contribution in [0.2, 0.25) is 0 Å². The number of aromatic nitrogens is 2. The third-order valence-electron chi connectivity index (χ3n) is 6.43. The Balaban J connectivity index is 1.52. The minimum Gasteiger partial charge on any atom is -0.381 e. The van der Waals surface area contributed by atoms with Crippen LogP contribution in [0.3, 0.4) is 0 Å². The van der Waals surface area contributed by atoms with Gasteiger partial charge in [-0.2, -0.15) is 0 Å². The van der Waals surface area contributed by atoms with Crippen LogP contribution in [0.25, 0.3) is 0 Å². The van der Waals surface area contributed by atoms with E-state index in [1.807, 2.05) is 4.90 Å². The van der Waals surface area contributed by atoms with Crippen molar-refractivity contribution in [3.8, 4) is 0 Å². The third-order valence-corrected chi connectivity index (χ3v) is 7.54. The summed E-state index contributed by atoms with van der Waals surface area (Å²) in [6.45, 7) is 5.91. The van der Waals surface area contributed by atoms with Crippen molar-refractivity contribution < 1.29 is 17.9 Å². The Hall–Kier alpha value is -1.78. The SMILES string of the molecule is CN1CCN(c2ncc(S(C)(=O)=O)c(C3CCN(C(=O)[C@@H]4CCOC4)CC3)n2)CC1. The van der Waals surface area contributed by atoms with Gasteiger partial charge in [-0.05, 0) is 26.3 Å². The van der Waals surface area contributed by atoms with Gasteiger partial charge < -0.3 is 19.4 Å². The second-order valence-corrected chi connectivity index (χ2v) is 10.6. The highest BCUT2D eigenvalue weighted by Crippen LogP contribution is 2.33. The number of rotatable bonds is 4. The maximum atomic E-state index is 12.7. The Morgan fingerprint density at radius 3 is 2.40 bits per heavy atom. The van der Waals surface area contributed by atoms with E-state index >= 15 is 0 Å². The highest BCUT2D eigenvalue weighted by atomic mass is 32.2. The molecule has 10 heteroatoms. The van der Waals surface area contributed by atoms with Gasteiger partial charge in [0, 0.05) is 58.0 Å². The summed E-state index contributed by atoms with van der Waals surface area (Å²) in [4.78, 5) is 28.3. The molecule has 3 saturated heterocycles. The number of carbonyl (C=O) groups excluding carboxylic acids is 1. The van der Waals surface area contributed by atoms with Crippen LogP contribution in [0, 0.1) is 5.92 Å². The van der Waals surface area contributed by atoms with Gasteiger partial charge in [0.05, 0.1) is 24.4 Å². The number of anilines is 1. The molecule has 4 heterocycles. The van der Waals surface area contributed by atoms with Crippen LogP contribution in [0.4, 0.5) is 5.95 Å². The molecule has 1 amide bonds. The molecule has 0 bridgehead atoms. The summed E-state index contributed by atoms with van der Waals surface area (Å²) >= 11 is 0. The first-order valence-electron chi connectivity index (χ1n) is 10.7. The van der Waals surface area contributed by atoms with Crippen LogP contribution in [0.1, 0.15) is 30.9 Å². The van der Waals surface area contributed by atoms with E-state index in [4.69, 9.17) is 9.72 Å². The second kappa shape index (κ2) is 8.76. The van der Waals surface area contributed by atoms with Gasteiger partial charge >= 0.3 is 0 Å². The van der Waals surface area contributed by atoms with Gasteiger partial charge in [-0.3, -0.25) is 4.79 Å². The number of likely N-dealkylation sites (tertiary alicyclic amines) is 1. The van der Waals surface area contributed by atoms with E-state index in [2.05, 4.69) is 21.8 Å². The number of ether oxygens (including phenoxy) is 1. The van der Waals surface area contributed by atoms with E-state index in [0.29, 0.717) is 50.8 Å². The summed E-state index contributed by atoms with van der Waals surface area (Å²) in [5.41, 5.74) is 0.609. The lowest BCUT2D eigenvalue weighted by Crippen LogP contribution is -2.45. The number of amides is 1. The Labute approximate surface area is 178 Å². The molecule has 3 aliphatic heterocycles. The fraction of sp³-hybridized carbons (Fsp3) is 0.750. The first kappa shape index (κ1) is 21.5. The first-order chi connectivity index (χ1) is 14.3. The van der Waals surface area contributed by atoms with Crippen molar-refractivity contribution in [2.75, 3.05) is 70.7 Å². The Kier molecular flexibility index (Phi) is 6.26. The minimum absolute atomic E-state index is 0.00724. The number of piperidine rings is 1. The Bertz CT molecular complexity index is 871. The largest absolute Gasteiger partial charge is 0.381 e. The summed E-state index contributed by atoms with van der Waals surface area (Å²) in [7, 11) is -1.34. The summed E-state index contributed by atoms with van der Waals surface area (Å²) in [5.74, 6) is 0.742. The molecule has 0 radical (unpaired) electrons. The minimum atomic E-state index is -3.43. The van der Waals surface area contributed by atoms with Gasteiger partial charge in [0.2, 0.25) is 11.9 Å². The van der Waals surface area contributed by atoms with Crippen molar-refractivity contribution >= 4 is 21.7 Å². The molecule has 0 N–H and O–H groups in total. The van der Waals surface area contributed by atoms with Gasteiger partial charge in [0.15, 0.2) is 9.84 Å². The van der Waals surface area contributed by atoms with Gasteiger partial charge in [0.25, 0.3) is 0 Å². The van der Waals surface area contributed by atoms with Gasteiger partial charge in [-0.1, -0.05) is 0 Å². The lowest BCUT2D eigenvalue weighted by atomic mass is 9.92. The van der Waals surface area contributed by atoms with Crippen LogP contribution in [0.5, 0.6) is 0 Å². The van der Waals surface area contributed by atoms with Crippen LogP contribution in [-0.2, 0) is 19.4 Å². The Morgan fingerprint density at radius 2 is 1.80 bits per heavy atom. The molecular weight excluding hydrogens is 406 g/mol. The summed E-state index contributed by atoms with van der Waals surface area (Å²) in [6.07, 6.45) is 4.89. The number of hydrogen-bond donors (Lipinski definition) is 0. The molecule has 3 aliphatic rings. The van der Waals surface area contributed by atoms with Crippen molar-refractivity contribution in [1.82, 2.24) is 19.8 Å². The van der Waals surface area contributed by atoms with Crippen LogP contribution in [-0.4, -0.2) is 99.9 Å². The molecule has 9 nitrogen and oxygen atoms in total. The predicted octanol–water partition coefficient (Wildman–Crippen LogP) is 0.374. The van der Waals surface area contributed by atoms with E-state index in [-0.39, 0.29) is 22.6 Å².